The summed E-state index contributed by atoms with van der Waals surface area (Å²) in [5.74, 6) is 0.0131. The van der Waals surface area contributed by atoms with Crippen LogP contribution < -0.4 is 21.2 Å². The van der Waals surface area contributed by atoms with Gasteiger partial charge in [-0.1, -0.05) is 73.7 Å². The van der Waals surface area contributed by atoms with Crippen LogP contribution >= 0.6 is 7.26 Å². The molecule has 177 valence electrons. The van der Waals surface area contributed by atoms with E-state index in [1.165, 1.54) is 15.9 Å². The maximum Gasteiger partial charge on any atom is 0.266 e. The van der Waals surface area contributed by atoms with Crippen LogP contribution in [0.1, 0.15) is 24.5 Å². The van der Waals surface area contributed by atoms with Gasteiger partial charge in [0.1, 0.15) is 23.2 Å². The summed E-state index contributed by atoms with van der Waals surface area (Å²) in [4.78, 5) is 17.8. The van der Waals surface area contributed by atoms with Crippen molar-refractivity contribution < 1.29 is 37.5 Å². The van der Waals surface area contributed by atoms with E-state index in [4.69, 9.17) is 6.57 Å². The van der Waals surface area contributed by atoms with Crippen LogP contribution in [0.15, 0.2) is 103 Å². The molecule has 1 N–H and O–H groups in total. The summed E-state index contributed by atoms with van der Waals surface area (Å²) in [5, 5.41) is 6.85. The Morgan fingerprint density at radius 3 is 1.53 bits per heavy atom. The van der Waals surface area contributed by atoms with E-state index < -0.39 is 7.26 Å². The summed E-state index contributed by atoms with van der Waals surface area (Å²) in [7, 11) is -2.36. The number of nitrogens with one attached hydrogen (secondary N) is 1. The number of anilines is 1. The molecule has 1 atom stereocenters. The van der Waals surface area contributed by atoms with Crippen LogP contribution in [0.4, 0.5) is 11.4 Å². The number of amides is 1. The minimum absolute atomic E-state index is 0. The van der Waals surface area contributed by atoms with Crippen LogP contribution in [0.5, 0.6) is 0 Å². The second-order valence-corrected chi connectivity index (χ2v) is 12.3. The van der Waals surface area contributed by atoms with E-state index in [9.17, 15) is 4.79 Å². The Bertz CT molecular complexity index is 1230. The monoisotopic (exact) mass is 566 g/mol. The number of hydrogen-bond acceptors (Lipinski definition) is 1. The van der Waals surface area contributed by atoms with E-state index in [1.807, 2.05) is 44.2 Å². The van der Waals surface area contributed by atoms with Gasteiger partial charge in [-0.15, -0.1) is 0 Å². The van der Waals surface area contributed by atoms with Gasteiger partial charge in [-0.05, 0) is 67.8 Å². The van der Waals surface area contributed by atoms with Crippen molar-refractivity contribution in [3.05, 3.63) is 126 Å². The maximum absolute atomic E-state index is 14.2. The van der Waals surface area contributed by atoms with E-state index in [1.54, 1.807) is 0 Å². The maximum atomic E-state index is 14.2. The van der Waals surface area contributed by atoms with Crippen LogP contribution in [0.25, 0.3) is 4.85 Å². The smallest absolute Gasteiger partial charge is 0.266 e. The number of hydrogen-bond donors (Lipinski definition) is 1. The van der Waals surface area contributed by atoms with E-state index in [2.05, 4.69) is 89.9 Å². The van der Waals surface area contributed by atoms with Gasteiger partial charge in [0.25, 0.3) is 5.91 Å². The van der Waals surface area contributed by atoms with E-state index in [0.29, 0.717) is 12.1 Å². The minimum Gasteiger partial charge on any atom is -0.322 e. The fourth-order valence-electron chi connectivity index (χ4n) is 5.02. The average Bonchev–Trinajstić information content (AvgIpc) is 2.90. The molecular weight excluding hydrogens is 536 g/mol. The number of rotatable bonds is 7. The number of carbonyl (C=O) groups excluding carboxylic acids is 1. The van der Waals surface area contributed by atoms with Gasteiger partial charge >= 0.3 is 0 Å². The van der Waals surface area contributed by atoms with Gasteiger partial charge in [0, 0.05) is 38.4 Å². The zero-order valence-electron chi connectivity index (χ0n) is 21.0. The molecule has 3 nitrogen and oxygen atoms in total. The average molecular weight is 566 g/mol. The molecule has 0 aliphatic carbocycles. The van der Waals surface area contributed by atoms with Crippen LogP contribution in [-0.4, -0.2) is 11.6 Å². The minimum atomic E-state index is -2.36. The molecule has 1 radical (unpaired) electrons. The molecule has 1 amide bonds. The molecule has 0 saturated carbocycles. The molecule has 0 saturated heterocycles. The van der Waals surface area contributed by atoms with Crippen LogP contribution in [0.2, 0.25) is 0 Å². The molecule has 0 spiro atoms. The Kier molecular flexibility index (Phi) is 9.75. The molecule has 0 aliphatic rings. The second kappa shape index (κ2) is 12.6. The number of benzene rings is 4. The Labute approximate surface area is 240 Å². The van der Waals surface area contributed by atoms with Crippen molar-refractivity contribution in [2.75, 3.05) is 5.32 Å². The molecular formula is C31H30N2OPY+. The van der Waals surface area contributed by atoms with Gasteiger partial charge in [-0.25, -0.2) is 4.85 Å². The third kappa shape index (κ3) is 5.38. The van der Waals surface area contributed by atoms with E-state index in [0.717, 1.165) is 16.8 Å². The third-order valence-electron chi connectivity index (χ3n) is 6.54. The fourth-order valence-corrected chi connectivity index (χ4v) is 9.89. The van der Waals surface area contributed by atoms with Gasteiger partial charge in [0.05, 0.1) is 6.57 Å². The van der Waals surface area contributed by atoms with Crippen molar-refractivity contribution in [2.24, 2.45) is 0 Å². The van der Waals surface area contributed by atoms with Crippen molar-refractivity contribution in [3.8, 4) is 0 Å². The summed E-state index contributed by atoms with van der Waals surface area (Å²) >= 11 is 0. The Morgan fingerprint density at radius 2 is 1.19 bits per heavy atom. The molecule has 4 aromatic carbocycles. The van der Waals surface area contributed by atoms with Crippen molar-refractivity contribution in [3.63, 3.8) is 0 Å². The first kappa shape index (κ1) is 28.0. The molecule has 0 aromatic heterocycles. The summed E-state index contributed by atoms with van der Waals surface area (Å²) in [5.41, 5.74) is 2.93. The van der Waals surface area contributed by atoms with Gasteiger partial charge in [0.2, 0.25) is 0 Å². The van der Waals surface area contributed by atoms with Gasteiger partial charge in [0.15, 0.2) is 11.3 Å². The van der Waals surface area contributed by atoms with E-state index >= 15 is 0 Å². The topological polar surface area (TPSA) is 33.5 Å². The molecule has 5 heteroatoms. The molecule has 0 aliphatic heterocycles. The summed E-state index contributed by atoms with van der Waals surface area (Å²) in [6.07, 6.45) is 0.691. The Morgan fingerprint density at radius 1 is 0.806 bits per heavy atom. The van der Waals surface area contributed by atoms with Gasteiger partial charge in [-0.3, -0.25) is 4.79 Å². The molecule has 0 bridgehead atoms. The molecule has 36 heavy (non-hydrogen) atoms. The summed E-state index contributed by atoms with van der Waals surface area (Å²) in [6, 6.07) is 35.2. The normalized spacial score (nSPS) is 11.6. The van der Waals surface area contributed by atoms with Crippen LogP contribution in [0.3, 0.4) is 0 Å². The van der Waals surface area contributed by atoms with Gasteiger partial charge < -0.3 is 5.32 Å². The Hall–Kier alpha value is -2.63. The third-order valence-corrected chi connectivity index (χ3v) is 11.4. The zero-order valence-corrected chi connectivity index (χ0v) is 24.7. The first-order valence-electron chi connectivity index (χ1n) is 11.9. The van der Waals surface area contributed by atoms with Crippen molar-refractivity contribution >= 4 is 40.5 Å². The summed E-state index contributed by atoms with van der Waals surface area (Å²) in [6.45, 7) is 13.4. The first-order valence-corrected chi connectivity index (χ1v) is 13.7. The molecule has 0 fully saturated rings. The van der Waals surface area contributed by atoms with Crippen LogP contribution in [-0.2, 0) is 37.5 Å². The molecule has 4 rings (SSSR count). The fraction of sp³-hybridized carbons (Fsp3) is 0.161. The van der Waals surface area contributed by atoms with Crippen molar-refractivity contribution in [1.29, 1.82) is 0 Å². The predicted octanol–water partition coefficient (Wildman–Crippen LogP) is 6.56. The number of carbonyl (C=O) groups is 1. The largest absolute Gasteiger partial charge is 0.322 e. The van der Waals surface area contributed by atoms with Gasteiger partial charge in [-0.2, -0.15) is 0 Å². The second-order valence-electron chi connectivity index (χ2n) is 8.71. The quantitative estimate of drug-likeness (QED) is 0.200. The number of nitrogens with zero attached hydrogens (tertiary/aromatic N) is 1. The molecule has 1 unspecified atom stereocenters. The SMILES string of the molecule is [C-]#[N+]c1cc(C)c(NC(=O)C(CC)[P+](c2ccccc2)(c2ccccc2)c2ccccc2)c(C)c1.[Y]. The Balaban J connectivity index is 0.00000361. The van der Waals surface area contributed by atoms with E-state index in [-0.39, 0.29) is 44.3 Å². The van der Waals surface area contributed by atoms with Crippen LogP contribution in [0, 0.1) is 20.4 Å². The first-order chi connectivity index (χ1) is 17.0. The summed E-state index contributed by atoms with van der Waals surface area (Å²) < 4.78 is 0. The molecule has 0 heterocycles. The van der Waals surface area contributed by atoms with Crippen molar-refractivity contribution in [1.82, 2.24) is 0 Å². The zero-order chi connectivity index (χ0) is 24.8. The van der Waals surface area contributed by atoms with Crippen molar-refractivity contribution in [2.45, 2.75) is 32.9 Å². The number of aryl methyl sites for hydroxylation is 2. The predicted molar refractivity (Wildman–Crippen MR) is 150 cm³/mol. The standard InChI is InChI=1S/C31H29N2OP.Y/c1-5-29(31(34)33-30-23(2)21-25(32-4)22-24(30)3)35(26-15-9-6-10-16-26,27-17-11-7-12-18-27)28-19-13-8-14-20-28;/h6-22,29H,5H2,1-3H3;/p+1. The molecule has 4 aromatic rings.